The molecule has 0 radical (unpaired) electrons. The minimum Gasteiger partial charge on any atom is -0.505 e. The van der Waals surface area contributed by atoms with Crippen molar-refractivity contribution >= 4 is 18.2 Å². The molecule has 13 atom stereocenters. The first-order valence-corrected chi connectivity index (χ1v) is 23.7. The van der Waals surface area contributed by atoms with Gasteiger partial charge >= 0.3 is 5.97 Å². The summed E-state index contributed by atoms with van der Waals surface area (Å²) in [5, 5.41) is 76.0. The topological polar surface area (TPSA) is 208 Å². The molecule has 65 heavy (non-hydrogen) atoms. The molecule has 16 nitrogen and oxygen atoms in total. The zero-order chi connectivity index (χ0) is 48.4. The van der Waals surface area contributed by atoms with E-state index in [2.05, 4.69) is 15.2 Å². The average molecular weight is 931 g/mol. The van der Waals surface area contributed by atoms with E-state index in [1.165, 1.54) is 13.8 Å². The fraction of sp³-hybridized carbons (Fsp3) is 0.708. The van der Waals surface area contributed by atoms with Gasteiger partial charge < -0.3 is 54.3 Å². The monoisotopic (exact) mass is 931 g/mol. The number of nitrogens with zero attached hydrogens (tertiary/aromatic N) is 6. The summed E-state index contributed by atoms with van der Waals surface area (Å²) in [6.07, 6.45) is 1.52. The SMILES string of the molecule is CC[C@@H](OC(=O)[C@H](C)[C@@H](O)[C@H](C)[C@@H](O[C@@H]1O[C@H](C)C[C@H](N(C)Cc2ccc(-c3cn(CCCCCCn4cccc(O)c4=S)nn3)cc2)[C@H]1O)[C@](C)(O)CC)[C@@](C)(O)[C@H](O)[C@@H](C)N(C)C. The van der Waals surface area contributed by atoms with Crippen molar-refractivity contribution in [2.45, 2.75) is 186 Å². The first-order valence-electron chi connectivity index (χ1n) is 23.3. The molecule has 0 saturated carbocycles. The second kappa shape index (κ2) is 24.1. The van der Waals surface area contributed by atoms with Gasteiger partial charge in [-0.3, -0.25) is 14.4 Å². The average Bonchev–Trinajstić information content (AvgIpc) is 3.75. The van der Waals surface area contributed by atoms with Crippen molar-refractivity contribution in [3.63, 3.8) is 0 Å². The summed E-state index contributed by atoms with van der Waals surface area (Å²) in [6, 6.07) is 10.7. The summed E-state index contributed by atoms with van der Waals surface area (Å²) in [4.78, 5) is 17.4. The molecule has 4 rings (SSSR count). The van der Waals surface area contributed by atoms with Crippen molar-refractivity contribution in [2.24, 2.45) is 11.8 Å². The van der Waals surface area contributed by atoms with Crippen LogP contribution in [0.5, 0.6) is 5.75 Å². The lowest BCUT2D eigenvalue weighted by molar-refractivity contribution is -0.299. The smallest absolute Gasteiger partial charge is 0.311 e. The van der Waals surface area contributed by atoms with Crippen LogP contribution in [0, 0.1) is 16.5 Å². The Labute approximate surface area is 391 Å². The number of aryl methyl sites for hydroxylation is 2. The molecular formula is C48H78N6O10S. The number of unbranched alkanes of at least 4 members (excludes halogenated alkanes) is 3. The predicted molar refractivity (Wildman–Crippen MR) is 251 cm³/mol. The van der Waals surface area contributed by atoms with E-state index < -0.39 is 71.9 Å². The van der Waals surface area contributed by atoms with E-state index >= 15 is 0 Å². The molecule has 2 aromatic heterocycles. The van der Waals surface area contributed by atoms with Gasteiger partial charge in [-0.1, -0.05) is 75.3 Å². The van der Waals surface area contributed by atoms with Crippen LogP contribution in [-0.4, -0.2) is 153 Å². The number of likely N-dealkylation sites (N-methyl/N-ethyl adjacent to an activating group) is 2. The lowest BCUT2D eigenvalue weighted by atomic mass is 9.80. The van der Waals surface area contributed by atoms with Gasteiger partial charge in [0.1, 0.15) is 40.0 Å². The van der Waals surface area contributed by atoms with Gasteiger partial charge in [0.05, 0.1) is 36.0 Å². The van der Waals surface area contributed by atoms with Gasteiger partial charge in [-0.2, -0.15) is 0 Å². The maximum Gasteiger partial charge on any atom is 0.311 e. The van der Waals surface area contributed by atoms with Crippen LogP contribution in [0.15, 0.2) is 48.8 Å². The van der Waals surface area contributed by atoms with E-state index in [1.807, 2.05) is 59.9 Å². The second-order valence-corrected chi connectivity index (χ2v) is 19.4. The maximum absolute atomic E-state index is 13.6. The highest BCUT2D eigenvalue weighted by Gasteiger charge is 2.48. The Morgan fingerprint density at radius 3 is 2.28 bits per heavy atom. The molecule has 17 heteroatoms. The Bertz CT molecular complexity index is 1980. The van der Waals surface area contributed by atoms with Gasteiger partial charge in [0.2, 0.25) is 0 Å². The molecule has 3 aromatic rings. The van der Waals surface area contributed by atoms with Crippen LogP contribution in [0.1, 0.15) is 106 Å². The van der Waals surface area contributed by atoms with Crippen LogP contribution in [0.4, 0.5) is 0 Å². The standard InChI is InChI=1S/C48H78N6O10S/c1-12-39(48(8,61)42(58)33(6)51(9)10)63-45(59)32(5)40(56)31(4)43(47(7,60)13-2)64-46-41(57)37(27-30(3)62-46)52(11)28-34-20-22-35(23-21-34)36-29-54(50-49-36)26-17-15-14-16-24-53-25-18-19-38(55)44(53)65/h18-23,25,29-33,37,39-43,46,55-58,60-61H,12-17,24,26-28H2,1-11H3/t30-,31+,32-,33-,37+,39-,40+,41-,42-,43-,46+,47-,48-/m1/s1. The third-order valence-corrected chi connectivity index (χ3v) is 14.0. The van der Waals surface area contributed by atoms with E-state index in [0.29, 0.717) is 17.6 Å². The highest BCUT2D eigenvalue weighted by atomic mass is 32.1. The number of aromatic nitrogens is 4. The summed E-state index contributed by atoms with van der Waals surface area (Å²) in [6.45, 7) is 15.5. The molecule has 1 aliphatic rings. The van der Waals surface area contributed by atoms with Crippen LogP contribution in [-0.2, 0) is 38.6 Å². The Balaban J connectivity index is 1.34. The first kappa shape index (κ1) is 54.2. The molecule has 0 bridgehead atoms. The number of carbonyl (C=O) groups excluding carboxylic acids is 1. The lowest BCUT2D eigenvalue weighted by Crippen LogP contribution is -2.59. The number of aliphatic hydroxyl groups excluding tert-OH is 3. The van der Waals surface area contributed by atoms with Gasteiger partial charge in [0, 0.05) is 49.4 Å². The largest absolute Gasteiger partial charge is 0.505 e. The molecule has 0 spiro atoms. The molecule has 366 valence electrons. The third kappa shape index (κ3) is 14.1. The Morgan fingerprint density at radius 2 is 1.66 bits per heavy atom. The number of hydrogen-bond donors (Lipinski definition) is 6. The van der Waals surface area contributed by atoms with Crippen molar-refractivity contribution < 1.29 is 49.6 Å². The van der Waals surface area contributed by atoms with Crippen molar-refractivity contribution in [3.8, 4) is 17.0 Å². The molecular weight excluding hydrogens is 853 g/mol. The molecule has 1 aromatic carbocycles. The quantitative estimate of drug-likeness (QED) is 0.0362. The number of benzene rings is 1. The summed E-state index contributed by atoms with van der Waals surface area (Å²) in [5.74, 6) is -2.58. The number of carbonyl (C=O) groups is 1. The van der Waals surface area contributed by atoms with E-state index in [0.717, 1.165) is 55.6 Å². The summed E-state index contributed by atoms with van der Waals surface area (Å²) in [7, 11) is 5.49. The molecule has 3 heterocycles. The van der Waals surface area contributed by atoms with Gasteiger partial charge in [-0.15, -0.1) is 5.10 Å². The number of ether oxygens (including phenoxy) is 3. The molecule has 0 aliphatic carbocycles. The van der Waals surface area contributed by atoms with Crippen LogP contribution in [0.25, 0.3) is 11.3 Å². The minimum absolute atomic E-state index is 0.134. The maximum atomic E-state index is 13.6. The number of pyridine rings is 1. The Hall–Kier alpha value is -3.36. The highest BCUT2D eigenvalue weighted by Crippen LogP contribution is 2.35. The summed E-state index contributed by atoms with van der Waals surface area (Å²) in [5.41, 5.74) is -0.522. The molecule has 1 aliphatic heterocycles. The Morgan fingerprint density at radius 1 is 1.02 bits per heavy atom. The van der Waals surface area contributed by atoms with E-state index in [9.17, 15) is 35.4 Å². The number of aromatic hydroxyl groups is 1. The Kier molecular flexibility index (Phi) is 20.1. The third-order valence-electron chi connectivity index (χ3n) is 13.6. The number of rotatable bonds is 25. The second-order valence-electron chi connectivity index (χ2n) is 19.0. The fourth-order valence-corrected chi connectivity index (χ4v) is 8.92. The first-order chi connectivity index (χ1) is 30.5. The van der Waals surface area contributed by atoms with E-state index in [4.69, 9.17) is 26.4 Å². The van der Waals surface area contributed by atoms with Crippen molar-refractivity contribution in [1.29, 1.82) is 0 Å². The predicted octanol–water partition coefficient (Wildman–Crippen LogP) is 5.30. The summed E-state index contributed by atoms with van der Waals surface area (Å²) >= 11 is 5.28. The number of esters is 1. The number of hydrogen-bond acceptors (Lipinski definition) is 15. The van der Waals surface area contributed by atoms with Gasteiger partial charge in [-0.25, -0.2) is 0 Å². The number of aliphatic hydroxyl groups is 5. The van der Waals surface area contributed by atoms with Crippen molar-refractivity contribution in [3.05, 3.63) is 59.0 Å². The molecule has 0 amide bonds. The van der Waals surface area contributed by atoms with Gasteiger partial charge in [-0.05, 0) is 106 Å². The molecule has 0 unspecified atom stereocenters. The van der Waals surface area contributed by atoms with Crippen molar-refractivity contribution in [1.82, 2.24) is 29.4 Å². The zero-order valence-corrected chi connectivity index (χ0v) is 41.3. The van der Waals surface area contributed by atoms with Crippen LogP contribution >= 0.6 is 12.2 Å². The minimum atomic E-state index is -1.78. The van der Waals surface area contributed by atoms with Crippen LogP contribution < -0.4 is 0 Å². The molecule has 6 N–H and O–H groups in total. The normalized spacial score (nSPS) is 23.2. The zero-order valence-electron chi connectivity index (χ0n) is 40.4. The van der Waals surface area contributed by atoms with Crippen LogP contribution in [0.2, 0.25) is 0 Å². The van der Waals surface area contributed by atoms with Crippen LogP contribution in [0.3, 0.4) is 0 Å². The highest BCUT2D eigenvalue weighted by molar-refractivity contribution is 7.71. The van der Waals surface area contributed by atoms with E-state index in [-0.39, 0.29) is 30.7 Å². The van der Waals surface area contributed by atoms with Gasteiger partial charge in [0.25, 0.3) is 0 Å². The van der Waals surface area contributed by atoms with Gasteiger partial charge in [0.15, 0.2) is 6.29 Å². The fourth-order valence-electron chi connectivity index (χ4n) is 8.70. The summed E-state index contributed by atoms with van der Waals surface area (Å²) < 4.78 is 22.6. The lowest BCUT2D eigenvalue weighted by Gasteiger charge is -2.46. The van der Waals surface area contributed by atoms with E-state index in [1.54, 1.807) is 65.7 Å². The van der Waals surface area contributed by atoms with Crippen molar-refractivity contribution in [2.75, 3.05) is 21.1 Å². The molecule has 1 fully saturated rings. The molecule has 1 saturated heterocycles.